The molecule has 0 aromatic heterocycles. The van der Waals surface area contributed by atoms with Crippen LogP contribution in [0.5, 0.6) is 0 Å². The molecular weight excluding hydrogens is 516 g/mol. The Hall–Kier alpha value is -3.39. The first-order chi connectivity index (χ1) is 18.5. The number of benzene rings is 4. The summed E-state index contributed by atoms with van der Waals surface area (Å²) in [5.74, 6) is 0.0398. The summed E-state index contributed by atoms with van der Waals surface area (Å²) in [7, 11) is -3.58. The topological polar surface area (TPSA) is 88.5 Å². The fraction of sp³-hybridized carbons (Fsp3) is 0.226. The third-order valence-corrected chi connectivity index (χ3v) is 8.99. The van der Waals surface area contributed by atoms with E-state index in [-0.39, 0.29) is 21.6 Å². The maximum absolute atomic E-state index is 13.1. The summed E-state index contributed by atoms with van der Waals surface area (Å²) >= 11 is -0.750. The quantitative estimate of drug-likeness (QED) is 0.298. The number of hydrogen-bond donors (Lipinski definition) is 1. The van der Waals surface area contributed by atoms with E-state index in [1.807, 2.05) is 30.3 Å². The van der Waals surface area contributed by atoms with Crippen molar-refractivity contribution >= 4 is 21.4 Å². The monoisotopic (exact) mass is 546 g/mol. The largest absolute Gasteiger partial charge is 0.392 e. The summed E-state index contributed by atoms with van der Waals surface area (Å²) in [6, 6.07) is 34.2. The Morgan fingerprint density at radius 3 is 1.58 bits per heavy atom. The lowest BCUT2D eigenvalue weighted by atomic mass is 9.80. The molecule has 4 aromatic carbocycles. The second kappa shape index (κ2) is 12.9. The predicted molar refractivity (Wildman–Crippen MR) is 149 cm³/mol. The van der Waals surface area contributed by atoms with E-state index in [9.17, 15) is 13.5 Å². The van der Waals surface area contributed by atoms with E-state index in [1.165, 1.54) is 0 Å². The zero-order valence-corrected chi connectivity index (χ0v) is 22.5. The van der Waals surface area contributed by atoms with Gasteiger partial charge in [-0.05, 0) is 65.3 Å². The molecule has 4 aromatic rings. The van der Waals surface area contributed by atoms with Gasteiger partial charge in [0.1, 0.15) is 0 Å². The van der Waals surface area contributed by atoms with Crippen LogP contribution in [0, 0.1) is 5.92 Å². The molecule has 196 valence electrons. The van der Waals surface area contributed by atoms with E-state index >= 15 is 0 Å². The van der Waals surface area contributed by atoms with Crippen LogP contribution in [-0.2, 0) is 21.4 Å². The fourth-order valence-corrected chi connectivity index (χ4v) is 6.54. The molecule has 0 aliphatic heterocycles. The molecule has 1 saturated carbocycles. The van der Waals surface area contributed by atoms with Crippen LogP contribution in [0.3, 0.4) is 0 Å². The molecule has 7 heteroatoms. The number of aliphatic hydroxyl groups excluding tert-OH is 1. The first-order valence-corrected chi connectivity index (χ1v) is 14.8. The highest BCUT2D eigenvalue weighted by Crippen LogP contribution is 2.39. The van der Waals surface area contributed by atoms with Crippen molar-refractivity contribution in [3.8, 4) is 11.1 Å². The van der Waals surface area contributed by atoms with E-state index in [0.717, 1.165) is 47.9 Å². The van der Waals surface area contributed by atoms with Crippen LogP contribution >= 0.6 is 0 Å². The Morgan fingerprint density at radius 2 is 1.05 bits per heavy atom. The lowest BCUT2D eigenvalue weighted by Crippen LogP contribution is -2.27. The van der Waals surface area contributed by atoms with Crippen molar-refractivity contribution in [2.45, 2.75) is 47.5 Å². The highest BCUT2D eigenvalue weighted by molar-refractivity contribution is 7.91. The van der Waals surface area contributed by atoms with Gasteiger partial charge in [-0.1, -0.05) is 97.8 Å². The third kappa shape index (κ3) is 6.35. The normalized spacial score (nSPS) is 15.2. The molecular formula is C31H30O5S2. The Labute approximate surface area is 227 Å². The van der Waals surface area contributed by atoms with E-state index in [1.54, 1.807) is 42.5 Å². The van der Waals surface area contributed by atoms with Gasteiger partial charge in [0.25, 0.3) is 0 Å². The highest BCUT2D eigenvalue weighted by Gasteiger charge is 2.32. The maximum atomic E-state index is 13.1. The van der Waals surface area contributed by atoms with E-state index in [4.69, 9.17) is 8.42 Å². The molecule has 1 unspecified atom stereocenters. The number of sulfone groups is 1. The summed E-state index contributed by atoms with van der Waals surface area (Å²) in [6.45, 7) is 0. The van der Waals surface area contributed by atoms with Gasteiger partial charge in [0.2, 0.25) is 9.84 Å². The molecule has 0 radical (unpaired) electrons. The van der Waals surface area contributed by atoms with Gasteiger partial charge >= 0.3 is 11.6 Å². The minimum absolute atomic E-state index is 0.212. The van der Waals surface area contributed by atoms with Crippen LogP contribution in [0.4, 0.5) is 0 Å². The summed E-state index contributed by atoms with van der Waals surface area (Å²) < 4.78 is 42.7. The predicted octanol–water partition coefficient (Wildman–Crippen LogP) is 6.20. The minimum Gasteiger partial charge on any atom is -0.392 e. The van der Waals surface area contributed by atoms with Gasteiger partial charge in [0.15, 0.2) is 0 Å². The van der Waals surface area contributed by atoms with Gasteiger partial charge in [0.05, 0.1) is 15.9 Å². The van der Waals surface area contributed by atoms with Gasteiger partial charge in [-0.2, -0.15) is 8.42 Å². The Kier molecular flexibility index (Phi) is 9.39. The van der Waals surface area contributed by atoms with Crippen LogP contribution in [0.15, 0.2) is 119 Å². The minimum atomic E-state index is -3.58. The van der Waals surface area contributed by atoms with Crippen molar-refractivity contribution in [3.05, 3.63) is 120 Å². The Bertz CT molecular complexity index is 1440. The van der Waals surface area contributed by atoms with Gasteiger partial charge in [0, 0.05) is 5.92 Å². The van der Waals surface area contributed by atoms with Crippen molar-refractivity contribution in [2.24, 2.45) is 5.92 Å². The molecule has 5 nitrogen and oxygen atoms in total. The molecule has 1 N–H and O–H groups in total. The van der Waals surface area contributed by atoms with E-state index in [2.05, 4.69) is 36.4 Å². The van der Waals surface area contributed by atoms with Gasteiger partial charge in [-0.15, -0.1) is 0 Å². The van der Waals surface area contributed by atoms with Crippen LogP contribution in [0.2, 0.25) is 0 Å². The lowest BCUT2D eigenvalue weighted by Gasteiger charge is -2.29. The van der Waals surface area contributed by atoms with Gasteiger partial charge in [-0.3, -0.25) is 0 Å². The number of rotatable bonds is 7. The van der Waals surface area contributed by atoms with Crippen molar-refractivity contribution in [2.75, 3.05) is 0 Å². The van der Waals surface area contributed by atoms with Gasteiger partial charge < -0.3 is 5.11 Å². The second-order valence-corrected chi connectivity index (χ2v) is 11.5. The molecule has 0 bridgehead atoms. The molecule has 38 heavy (non-hydrogen) atoms. The molecule has 0 heterocycles. The number of hydrogen-bond acceptors (Lipinski definition) is 5. The fourth-order valence-electron chi connectivity index (χ4n) is 5.26. The Balaban J connectivity index is 0.00000107. The lowest BCUT2D eigenvalue weighted by molar-refractivity contribution is 0.0945. The smallest absolute Gasteiger partial charge is 0.335 e. The summed E-state index contributed by atoms with van der Waals surface area (Å²) in [6.07, 6.45) is 3.84. The summed E-state index contributed by atoms with van der Waals surface area (Å²) in [4.78, 5) is 0.549. The molecule has 1 aliphatic carbocycles. The van der Waals surface area contributed by atoms with Crippen LogP contribution in [0.1, 0.15) is 42.7 Å². The first kappa shape index (κ1) is 27.6. The van der Waals surface area contributed by atoms with Crippen molar-refractivity contribution < 1.29 is 21.9 Å². The van der Waals surface area contributed by atoms with Crippen molar-refractivity contribution in [1.82, 2.24) is 0 Å². The highest BCUT2D eigenvalue weighted by atomic mass is 32.2. The van der Waals surface area contributed by atoms with Crippen LogP contribution in [0.25, 0.3) is 11.1 Å². The molecule has 0 spiro atoms. The van der Waals surface area contributed by atoms with Crippen LogP contribution < -0.4 is 0 Å². The standard InChI is InChI=1S/C31H30O3S.O2S/c32-31(27-11-7-8-12-27)30(25-17-15-24(16-18-25)23-9-3-1-4-10-23)26-19-21-29(22-20-26)35(33,34)28-13-5-2-6-14-28;1-3-2/h1-6,9-10,13-22,27,30-32H,7-8,11-12H2;/t30?,31-;/m0./s1. The molecule has 5 rings (SSSR count). The summed E-state index contributed by atoms with van der Waals surface area (Å²) in [5, 5.41) is 11.5. The Morgan fingerprint density at radius 1 is 0.632 bits per heavy atom. The van der Waals surface area contributed by atoms with Crippen molar-refractivity contribution in [1.29, 1.82) is 0 Å². The molecule has 0 amide bonds. The number of aliphatic hydroxyl groups is 1. The zero-order chi connectivity index (χ0) is 27.0. The van der Waals surface area contributed by atoms with Gasteiger partial charge in [-0.25, -0.2) is 8.42 Å². The average molecular weight is 547 g/mol. The second-order valence-electron chi connectivity index (χ2n) is 9.45. The SMILES string of the molecule is O=S(=O)(c1ccccc1)c1ccc(C(c2ccc(-c3ccccc3)cc2)[C@@H](O)C2CCCC2)cc1.O=S=O. The third-order valence-electron chi connectivity index (χ3n) is 7.20. The van der Waals surface area contributed by atoms with E-state index < -0.39 is 27.5 Å². The maximum Gasteiger partial charge on any atom is 0.335 e. The van der Waals surface area contributed by atoms with Crippen molar-refractivity contribution in [3.63, 3.8) is 0 Å². The molecule has 2 atom stereocenters. The molecule has 1 fully saturated rings. The first-order valence-electron chi connectivity index (χ1n) is 12.6. The summed E-state index contributed by atoms with van der Waals surface area (Å²) in [5.41, 5.74) is 4.27. The van der Waals surface area contributed by atoms with Crippen LogP contribution in [-0.4, -0.2) is 28.0 Å². The van der Waals surface area contributed by atoms with E-state index in [0.29, 0.717) is 0 Å². The zero-order valence-electron chi connectivity index (χ0n) is 20.8. The molecule has 1 aliphatic rings. The average Bonchev–Trinajstić information content (AvgIpc) is 3.51. The molecule has 0 saturated heterocycles.